The van der Waals surface area contributed by atoms with Crippen LogP contribution in [0.2, 0.25) is 19.6 Å². The minimum atomic E-state index is -1.30. The molecular weight excluding hydrogens is 240 g/mol. The molecule has 0 aliphatic rings. The van der Waals surface area contributed by atoms with Crippen molar-refractivity contribution in [2.75, 3.05) is 0 Å². The van der Waals surface area contributed by atoms with E-state index in [-0.39, 0.29) is 6.61 Å². The lowest BCUT2D eigenvalue weighted by Gasteiger charge is -2.10. The van der Waals surface area contributed by atoms with Crippen LogP contribution < -0.4 is 0 Å². The molecule has 3 heteroatoms. The van der Waals surface area contributed by atoms with Crippen molar-refractivity contribution in [3.8, 4) is 11.5 Å². The first-order chi connectivity index (χ1) is 8.42. The van der Waals surface area contributed by atoms with E-state index in [1.807, 2.05) is 24.3 Å². The zero-order valence-corrected chi connectivity index (χ0v) is 12.4. The van der Waals surface area contributed by atoms with Gasteiger partial charge in [-0.2, -0.15) is 0 Å². The summed E-state index contributed by atoms with van der Waals surface area (Å²) in [5.74, 6) is 3.16. The van der Waals surface area contributed by atoms with Crippen molar-refractivity contribution in [1.29, 1.82) is 0 Å². The molecule has 1 aromatic carbocycles. The molecule has 2 N–H and O–H groups in total. The summed E-state index contributed by atoms with van der Waals surface area (Å²) in [5, 5.41) is 19.1. The molecule has 0 heterocycles. The van der Waals surface area contributed by atoms with Gasteiger partial charge in [-0.3, -0.25) is 0 Å². The quantitative estimate of drug-likeness (QED) is 0.647. The Hall–Kier alpha value is -1.08. The average Bonchev–Trinajstić information content (AvgIpc) is 2.33. The lowest BCUT2D eigenvalue weighted by molar-refractivity contribution is 0.169. The Bertz CT molecular complexity index is 438. The van der Waals surface area contributed by atoms with Crippen molar-refractivity contribution in [3.63, 3.8) is 0 Å². The second-order valence-corrected chi connectivity index (χ2v) is 10.3. The lowest BCUT2D eigenvalue weighted by atomic mass is 10.0. The summed E-state index contributed by atoms with van der Waals surface area (Å²) >= 11 is 0. The Kier molecular flexibility index (Phi) is 5.61. The Morgan fingerprint density at radius 3 is 2.61 bits per heavy atom. The van der Waals surface area contributed by atoms with E-state index in [4.69, 9.17) is 5.11 Å². The molecule has 0 aliphatic heterocycles. The molecule has 18 heavy (non-hydrogen) atoms. The Morgan fingerprint density at radius 2 is 2.00 bits per heavy atom. The molecule has 0 aliphatic carbocycles. The van der Waals surface area contributed by atoms with Crippen LogP contribution in [0, 0.1) is 11.5 Å². The van der Waals surface area contributed by atoms with Crippen molar-refractivity contribution < 1.29 is 10.2 Å². The van der Waals surface area contributed by atoms with E-state index >= 15 is 0 Å². The fourth-order valence-electron chi connectivity index (χ4n) is 1.60. The molecule has 0 spiro atoms. The number of aliphatic hydroxyl groups is 2. The Balaban J connectivity index is 2.54. The maximum Gasteiger partial charge on any atom is 0.129 e. The van der Waals surface area contributed by atoms with Crippen LogP contribution in [-0.2, 0) is 6.61 Å². The molecule has 2 nitrogen and oxygen atoms in total. The highest BCUT2D eigenvalue weighted by Gasteiger charge is 2.09. The van der Waals surface area contributed by atoms with E-state index in [2.05, 4.69) is 31.1 Å². The first-order valence-corrected chi connectivity index (χ1v) is 9.80. The van der Waals surface area contributed by atoms with Gasteiger partial charge >= 0.3 is 0 Å². The highest BCUT2D eigenvalue weighted by molar-refractivity contribution is 6.83. The number of hydrogen-bond donors (Lipinski definition) is 2. The van der Waals surface area contributed by atoms with Crippen LogP contribution in [0.5, 0.6) is 0 Å². The summed E-state index contributed by atoms with van der Waals surface area (Å²) in [6, 6.07) is 7.44. The molecule has 0 saturated carbocycles. The summed E-state index contributed by atoms with van der Waals surface area (Å²) in [6.07, 6.45) is 0.869. The van der Waals surface area contributed by atoms with E-state index in [1.54, 1.807) is 0 Å². The normalized spacial score (nSPS) is 12.7. The predicted molar refractivity (Wildman–Crippen MR) is 77.7 cm³/mol. The molecule has 0 bridgehead atoms. The Labute approximate surface area is 111 Å². The molecule has 0 amide bonds. The molecular formula is C15H22O2Si. The third-order valence-electron chi connectivity index (χ3n) is 2.52. The summed E-state index contributed by atoms with van der Waals surface area (Å²) in [4.78, 5) is 0. The number of aliphatic hydroxyl groups excluding tert-OH is 2. The van der Waals surface area contributed by atoms with Gasteiger partial charge in [0, 0.05) is 6.42 Å². The van der Waals surface area contributed by atoms with Crippen LogP contribution in [0.25, 0.3) is 0 Å². The van der Waals surface area contributed by atoms with Gasteiger partial charge in [-0.15, -0.1) is 11.5 Å². The van der Waals surface area contributed by atoms with Gasteiger partial charge in [0.2, 0.25) is 0 Å². The van der Waals surface area contributed by atoms with Crippen LogP contribution in [0.3, 0.4) is 0 Å². The number of benzene rings is 1. The van der Waals surface area contributed by atoms with Gasteiger partial charge in [0.05, 0.1) is 12.7 Å². The van der Waals surface area contributed by atoms with E-state index in [1.165, 1.54) is 0 Å². The topological polar surface area (TPSA) is 40.5 Å². The van der Waals surface area contributed by atoms with Gasteiger partial charge in [0.15, 0.2) is 0 Å². The van der Waals surface area contributed by atoms with Crippen molar-refractivity contribution in [2.24, 2.45) is 0 Å². The standard InChI is InChI=1S/C15H22O2Si/c1-18(2,3)10-5-4-9-15(17)14-8-6-7-13(11-14)12-16/h6-8,11,15-17H,4,9,12H2,1-3H3. The maximum atomic E-state index is 10.0. The van der Waals surface area contributed by atoms with E-state index in [9.17, 15) is 5.11 Å². The fraction of sp³-hybridized carbons (Fsp3) is 0.467. The SMILES string of the molecule is C[Si](C)(C)C#CCCC(O)c1cccc(CO)c1. The maximum absolute atomic E-state index is 10.0. The molecule has 0 fully saturated rings. The van der Waals surface area contributed by atoms with Crippen LogP contribution in [0.1, 0.15) is 30.1 Å². The zero-order valence-electron chi connectivity index (χ0n) is 11.4. The first kappa shape index (κ1) is 15.0. The van der Waals surface area contributed by atoms with E-state index in [0.717, 1.165) is 17.5 Å². The predicted octanol–water partition coefficient (Wildman–Crippen LogP) is 2.87. The van der Waals surface area contributed by atoms with E-state index in [0.29, 0.717) is 6.42 Å². The zero-order chi connectivity index (χ0) is 13.6. The van der Waals surface area contributed by atoms with Crippen molar-refractivity contribution >= 4 is 8.07 Å². The van der Waals surface area contributed by atoms with Gasteiger partial charge < -0.3 is 10.2 Å². The number of hydrogen-bond acceptors (Lipinski definition) is 2. The van der Waals surface area contributed by atoms with Crippen LogP contribution in [-0.4, -0.2) is 18.3 Å². The van der Waals surface area contributed by atoms with Crippen molar-refractivity contribution in [3.05, 3.63) is 35.4 Å². The van der Waals surface area contributed by atoms with Gasteiger partial charge in [0.25, 0.3) is 0 Å². The van der Waals surface area contributed by atoms with E-state index < -0.39 is 14.2 Å². The molecule has 1 aromatic rings. The van der Waals surface area contributed by atoms with Crippen molar-refractivity contribution in [2.45, 2.75) is 45.2 Å². The monoisotopic (exact) mass is 262 g/mol. The summed E-state index contributed by atoms with van der Waals surface area (Å²) in [6.45, 7) is 6.64. The average molecular weight is 262 g/mol. The Morgan fingerprint density at radius 1 is 1.28 bits per heavy atom. The van der Waals surface area contributed by atoms with Gasteiger partial charge in [0.1, 0.15) is 8.07 Å². The minimum Gasteiger partial charge on any atom is -0.392 e. The fourth-order valence-corrected chi connectivity index (χ4v) is 2.26. The van der Waals surface area contributed by atoms with Gasteiger partial charge in [-0.25, -0.2) is 0 Å². The number of rotatable bonds is 4. The smallest absolute Gasteiger partial charge is 0.129 e. The largest absolute Gasteiger partial charge is 0.392 e. The van der Waals surface area contributed by atoms with Crippen LogP contribution in [0.4, 0.5) is 0 Å². The minimum absolute atomic E-state index is 0.00991. The summed E-state index contributed by atoms with van der Waals surface area (Å²) < 4.78 is 0. The molecule has 0 radical (unpaired) electrons. The second-order valence-electron chi connectivity index (χ2n) is 5.51. The van der Waals surface area contributed by atoms with Crippen molar-refractivity contribution in [1.82, 2.24) is 0 Å². The summed E-state index contributed by atoms with van der Waals surface area (Å²) in [7, 11) is -1.30. The highest BCUT2D eigenvalue weighted by Crippen LogP contribution is 2.19. The first-order valence-electron chi connectivity index (χ1n) is 6.30. The van der Waals surface area contributed by atoms with Crippen LogP contribution in [0.15, 0.2) is 24.3 Å². The van der Waals surface area contributed by atoms with Crippen LogP contribution >= 0.6 is 0 Å². The molecule has 1 rings (SSSR count). The third-order valence-corrected chi connectivity index (χ3v) is 3.45. The third kappa shape index (κ3) is 5.50. The second kappa shape index (κ2) is 6.74. The molecule has 1 atom stereocenters. The highest BCUT2D eigenvalue weighted by atomic mass is 28.3. The lowest BCUT2D eigenvalue weighted by Crippen LogP contribution is -2.16. The van der Waals surface area contributed by atoms with Gasteiger partial charge in [-0.05, 0) is 17.5 Å². The van der Waals surface area contributed by atoms with Gasteiger partial charge in [-0.1, -0.05) is 43.9 Å². The molecule has 1 unspecified atom stereocenters. The molecule has 0 aromatic heterocycles. The molecule has 0 saturated heterocycles. The molecule has 98 valence electrons. The summed E-state index contributed by atoms with van der Waals surface area (Å²) in [5.41, 5.74) is 4.98.